The first-order valence-electron chi connectivity index (χ1n) is 10.9. The van der Waals surface area contributed by atoms with Crippen LogP contribution < -0.4 is 10.1 Å². The fourth-order valence-corrected chi connectivity index (χ4v) is 4.01. The van der Waals surface area contributed by atoms with Crippen LogP contribution >= 0.6 is 0 Å². The van der Waals surface area contributed by atoms with Crippen molar-refractivity contribution in [2.24, 2.45) is 0 Å². The molecule has 1 aromatic carbocycles. The third kappa shape index (κ3) is 3.25. The number of methoxy groups -OCH3 is 1. The zero-order chi connectivity index (χ0) is 23.4. The van der Waals surface area contributed by atoms with Gasteiger partial charge in [0.1, 0.15) is 35.8 Å². The van der Waals surface area contributed by atoms with Gasteiger partial charge >= 0.3 is 6.18 Å². The third-order valence-corrected chi connectivity index (χ3v) is 5.58. The van der Waals surface area contributed by atoms with Gasteiger partial charge in [0.15, 0.2) is 0 Å². The summed E-state index contributed by atoms with van der Waals surface area (Å²) in [4.78, 5) is 12.5. The largest absolute Gasteiger partial charge is 0.491 e. The number of anilines is 1. The zero-order valence-electron chi connectivity index (χ0n) is 18.6. The van der Waals surface area contributed by atoms with Crippen LogP contribution in [0.4, 0.5) is 19.0 Å². The second-order valence-electron chi connectivity index (χ2n) is 7.40. The van der Waals surface area contributed by atoms with E-state index in [4.69, 9.17) is 13.6 Å². The van der Waals surface area contributed by atoms with Crippen LogP contribution in [0.2, 0.25) is 0 Å². The molecular weight excluding hydrogens is 399 g/mol. The molecule has 158 valence electrons. The molecule has 2 N–H and O–H groups in total. The second-order valence-corrected chi connectivity index (χ2v) is 7.40. The van der Waals surface area contributed by atoms with Gasteiger partial charge in [-0.05, 0) is 12.1 Å². The molecule has 0 amide bonds. The quantitative estimate of drug-likeness (QED) is 0.673. The zero-order valence-corrected chi connectivity index (χ0v) is 15.6. The van der Waals surface area contributed by atoms with Crippen LogP contribution in [-0.2, 0) is 10.9 Å². The third-order valence-electron chi connectivity index (χ3n) is 5.58. The van der Waals surface area contributed by atoms with Crippen molar-refractivity contribution in [3.05, 3.63) is 47.9 Å². The van der Waals surface area contributed by atoms with E-state index in [0.29, 0.717) is 25.4 Å². The Bertz CT molecular complexity index is 1160. The predicted octanol–water partition coefficient (Wildman–Crippen LogP) is 3.22. The maximum absolute atomic E-state index is 13.2. The van der Waals surface area contributed by atoms with Crippen molar-refractivity contribution in [2.45, 2.75) is 24.4 Å². The van der Waals surface area contributed by atoms with Crippen molar-refractivity contribution in [3.8, 4) is 5.75 Å². The van der Waals surface area contributed by atoms with Crippen molar-refractivity contribution >= 4 is 16.9 Å². The van der Waals surface area contributed by atoms with Gasteiger partial charge in [-0.1, -0.05) is 18.2 Å². The average molecular weight is 422 g/mol. The van der Waals surface area contributed by atoms with Gasteiger partial charge < -0.3 is 19.8 Å². The van der Waals surface area contributed by atoms with Crippen LogP contribution in [0.15, 0.2) is 36.7 Å². The Morgan fingerprint density at radius 1 is 1.30 bits per heavy atom. The molecule has 4 heterocycles. The predicted molar refractivity (Wildman–Crippen MR) is 103 cm³/mol. The van der Waals surface area contributed by atoms with Gasteiger partial charge in [-0.2, -0.15) is 13.2 Å². The SMILES string of the molecule is [2H]C([2H])([2H])OC1CN(C2COc3ccccc3C2Nc2ncnc3[nH]c(C(F)(F)F)cc23)C1. The van der Waals surface area contributed by atoms with Crippen molar-refractivity contribution < 1.29 is 26.8 Å². The number of para-hydroxylation sites is 1. The van der Waals surface area contributed by atoms with Gasteiger partial charge in [0.2, 0.25) is 0 Å². The highest BCUT2D eigenvalue weighted by Crippen LogP contribution is 2.39. The number of fused-ring (bicyclic) bond motifs is 2. The minimum Gasteiger partial charge on any atom is -0.491 e. The molecule has 7 nitrogen and oxygen atoms in total. The van der Waals surface area contributed by atoms with Crippen LogP contribution in [-0.4, -0.2) is 58.7 Å². The van der Waals surface area contributed by atoms with Crippen molar-refractivity contribution in [1.29, 1.82) is 0 Å². The fraction of sp³-hybridized carbons (Fsp3) is 0.400. The molecule has 0 saturated carbocycles. The summed E-state index contributed by atoms with van der Waals surface area (Å²) in [6, 6.07) is 7.79. The highest BCUT2D eigenvalue weighted by molar-refractivity contribution is 5.88. The van der Waals surface area contributed by atoms with E-state index in [9.17, 15) is 13.2 Å². The molecule has 2 atom stereocenters. The lowest BCUT2D eigenvalue weighted by atomic mass is 9.92. The van der Waals surface area contributed by atoms with E-state index < -0.39 is 25.0 Å². The fourth-order valence-electron chi connectivity index (χ4n) is 4.01. The summed E-state index contributed by atoms with van der Waals surface area (Å²) in [5.41, 5.74) is -0.00327. The molecule has 5 rings (SSSR count). The molecule has 1 saturated heterocycles. The smallest absolute Gasteiger partial charge is 0.431 e. The summed E-state index contributed by atoms with van der Waals surface area (Å²) < 4.78 is 72.5. The van der Waals surface area contributed by atoms with Gasteiger partial charge in [-0.3, -0.25) is 4.90 Å². The number of hydrogen-bond donors (Lipinski definition) is 2. The Hall–Kier alpha value is -2.85. The lowest BCUT2D eigenvalue weighted by Crippen LogP contribution is -2.60. The monoisotopic (exact) mass is 422 g/mol. The molecule has 0 aliphatic carbocycles. The van der Waals surface area contributed by atoms with Crippen LogP contribution in [0.1, 0.15) is 21.4 Å². The summed E-state index contributed by atoms with van der Waals surface area (Å²) in [7, 11) is -2.47. The number of aromatic amines is 1. The number of rotatable bonds is 4. The van der Waals surface area contributed by atoms with E-state index >= 15 is 0 Å². The first kappa shape index (κ1) is 15.9. The molecule has 2 aliphatic rings. The number of hydrogen-bond acceptors (Lipinski definition) is 6. The molecule has 1 fully saturated rings. The van der Waals surface area contributed by atoms with Crippen LogP contribution in [0.3, 0.4) is 0 Å². The van der Waals surface area contributed by atoms with E-state index in [1.165, 1.54) is 6.33 Å². The summed E-state index contributed by atoms with van der Waals surface area (Å²) in [5, 5.41) is 3.52. The topological polar surface area (TPSA) is 75.3 Å². The highest BCUT2D eigenvalue weighted by Gasteiger charge is 2.41. The molecule has 3 aromatic rings. The van der Waals surface area contributed by atoms with Crippen molar-refractivity contribution in [3.63, 3.8) is 0 Å². The number of ether oxygens (including phenoxy) is 2. The standard InChI is InChI=1S/C20H20F3N5O2/c1-29-11-7-28(8-11)14-9-30-15-5-3-2-4-12(15)17(14)27-19-13-6-16(20(21,22)23)26-18(13)24-10-25-19/h2-6,10-11,14,17H,7-9H2,1H3,(H2,24,25,26,27)/i1D3. The maximum atomic E-state index is 13.2. The van der Waals surface area contributed by atoms with E-state index in [2.05, 4.69) is 20.3 Å². The molecule has 30 heavy (non-hydrogen) atoms. The normalized spacial score (nSPS) is 24.3. The molecule has 2 aromatic heterocycles. The Labute approximate surface area is 174 Å². The number of alkyl halides is 3. The van der Waals surface area contributed by atoms with Crippen LogP contribution in [0.25, 0.3) is 11.0 Å². The maximum Gasteiger partial charge on any atom is 0.431 e. The van der Waals surface area contributed by atoms with Crippen molar-refractivity contribution in [1.82, 2.24) is 19.9 Å². The summed E-state index contributed by atoms with van der Waals surface area (Å²) in [5.74, 6) is 0.923. The average Bonchev–Trinajstić information content (AvgIpc) is 3.16. The van der Waals surface area contributed by atoms with E-state index in [1.54, 1.807) is 0 Å². The van der Waals surface area contributed by atoms with Gasteiger partial charge in [0, 0.05) is 25.7 Å². The van der Waals surface area contributed by atoms with Gasteiger partial charge in [0.25, 0.3) is 0 Å². The molecule has 2 aliphatic heterocycles. The summed E-state index contributed by atoms with van der Waals surface area (Å²) in [6.07, 6.45) is -3.77. The first-order valence-corrected chi connectivity index (χ1v) is 9.39. The van der Waals surface area contributed by atoms with Gasteiger partial charge in [-0.15, -0.1) is 0 Å². The van der Waals surface area contributed by atoms with E-state index in [0.717, 1.165) is 11.6 Å². The molecule has 10 heteroatoms. The Morgan fingerprint density at radius 2 is 2.13 bits per heavy atom. The van der Waals surface area contributed by atoms with Crippen LogP contribution in [0.5, 0.6) is 5.75 Å². The number of H-pyrrole nitrogens is 1. The minimum atomic E-state index is -4.54. The number of aromatic nitrogens is 3. The number of nitrogens with one attached hydrogen (secondary N) is 2. The number of likely N-dealkylation sites (tertiary alicyclic amines) is 1. The Morgan fingerprint density at radius 3 is 2.93 bits per heavy atom. The van der Waals surface area contributed by atoms with Crippen molar-refractivity contribution in [2.75, 3.05) is 32.1 Å². The van der Waals surface area contributed by atoms with E-state index in [-0.39, 0.29) is 28.9 Å². The number of halogens is 3. The first-order chi connectivity index (χ1) is 15.6. The number of benzene rings is 1. The van der Waals surface area contributed by atoms with Gasteiger partial charge in [0.05, 0.1) is 27.7 Å². The molecule has 0 bridgehead atoms. The second kappa shape index (κ2) is 7.13. The minimum absolute atomic E-state index is 0.0758. The molecule has 0 spiro atoms. The molecule has 0 radical (unpaired) electrons. The van der Waals surface area contributed by atoms with E-state index in [1.807, 2.05) is 29.2 Å². The Balaban J connectivity index is 1.45. The lowest BCUT2D eigenvalue weighted by molar-refractivity contribution is -0.140. The molecule has 2 unspecified atom stereocenters. The molecular formula is C20H20F3N5O2. The number of nitrogens with zero attached hydrogens (tertiary/aromatic N) is 3. The van der Waals surface area contributed by atoms with Gasteiger partial charge in [-0.25, -0.2) is 9.97 Å². The lowest BCUT2D eigenvalue weighted by Gasteiger charge is -2.48. The summed E-state index contributed by atoms with van der Waals surface area (Å²) >= 11 is 0. The van der Waals surface area contributed by atoms with Crippen LogP contribution in [0, 0.1) is 0 Å². The highest BCUT2D eigenvalue weighted by atomic mass is 19.4. The Kier molecular flexibility index (Phi) is 3.79. The summed E-state index contributed by atoms with van der Waals surface area (Å²) in [6.45, 7) is 1.10.